The maximum atomic E-state index is 12.0. The van der Waals surface area contributed by atoms with Gasteiger partial charge in [0, 0.05) is 26.2 Å². The highest BCUT2D eigenvalue weighted by Crippen LogP contribution is 2.11. The number of hydrogen-bond donors (Lipinski definition) is 1. The predicted molar refractivity (Wildman–Crippen MR) is 68.4 cm³/mol. The van der Waals surface area contributed by atoms with Crippen LogP contribution in [-0.2, 0) is 14.3 Å². The molecule has 0 aliphatic carbocycles. The zero-order chi connectivity index (χ0) is 13.0. The summed E-state index contributed by atoms with van der Waals surface area (Å²) >= 11 is 0. The quantitative estimate of drug-likeness (QED) is 0.790. The molecule has 3 atom stereocenters. The van der Waals surface area contributed by atoms with Crippen LogP contribution in [0.5, 0.6) is 0 Å². The summed E-state index contributed by atoms with van der Waals surface area (Å²) in [5.41, 5.74) is 0. The van der Waals surface area contributed by atoms with Gasteiger partial charge in [-0.1, -0.05) is 0 Å². The van der Waals surface area contributed by atoms with E-state index < -0.39 is 0 Å². The van der Waals surface area contributed by atoms with Gasteiger partial charge >= 0.3 is 0 Å². The highest BCUT2D eigenvalue weighted by Gasteiger charge is 2.25. The molecule has 0 aromatic heterocycles. The van der Waals surface area contributed by atoms with E-state index in [1.54, 1.807) is 0 Å². The van der Waals surface area contributed by atoms with Gasteiger partial charge in [-0.15, -0.1) is 0 Å². The van der Waals surface area contributed by atoms with E-state index in [9.17, 15) is 4.79 Å². The number of carbonyl (C=O) groups excluding carboxylic acids is 1. The average molecular weight is 256 g/mol. The Balaban J connectivity index is 1.67. The molecule has 18 heavy (non-hydrogen) atoms. The Morgan fingerprint density at radius 2 is 2.06 bits per heavy atom. The van der Waals surface area contributed by atoms with E-state index in [1.165, 1.54) is 0 Å². The van der Waals surface area contributed by atoms with Crippen LogP contribution in [-0.4, -0.2) is 61.9 Å². The van der Waals surface area contributed by atoms with Gasteiger partial charge in [-0.05, 0) is 26.7 Å². The third-order valence-corrected chi connectivity index (χ3v) is 3.44. The molecule has 2 saturated heterocycles. The first-order valence-corrected chi connectivity index (χ1v) is 6.90. The summed E-state index contributed by atoms with van der Waals surface area (Å²) in [6.45, 7) is 7.46. The molecule has 5 nitrogen and oxygen atoms in total. The van der Waals surface area contributed by atoms with E-state index in [0.29, 0.717) is 25.7 Å². The van der Waals surface area contributed by atoms with Crippen molar-refractivity contribution in [2.45, 2.75) is 45.0 Å². The molecule has 0 bridgehead atoms. The maximum absolute atomic E-state index is 12.0. The summed E-state index contributed by atoms with van der Waals surface area (Å²) in [7, 11) is 0. The Morgan fingerprint density at radius 1 is 1.33 bits per heavy atom. The van der Waals surface area contributed by atoms with Crippen LogP contribution in [0.2, 0.25) is 0 Å². The molecule has 0 spiro atoms. The number of rotatable bonds is 4. The highest BCUT2D eigenvalue weighted by molar-refractivity contribution is 5.78. The second-order valence-corrected chi connectivity index (χ2v) is 5.32. The SMILES string of the molecule is CC1CN(C(=O)CNCC2CCCO2)CC(C)O1. The lowest BCUT2D eigenvalue weighted by Gasteiger charge is -2.35. The van der Waals surface area contributed by atoms with Gasteiger partial charge in [0.15, 0.2) is 0 Å². The molecule has 2 rings (SSSR count). The van der Waals surface area contributed by atoms with Crippen molar-refractivity contribution in [3.05, 3.63) is 0 Å². The third kappa shape index (κ3) is 3.93. The van der Waals surface area contributed by atoms with Crippen molar-refractivity contribution < 1.29 is 14.3 Å². The van der Waals surface area contributed by atoms with Crippen LogP contribution in [0.3, 0.4) is 0 Å². The van der Waals surface area contributed by atoms with E-state index in [2.05, 4.69) is 5.32 Å². The van der Waals surface area contributed by atoms with Crippen LogP contribution in [0.25, 0.3) is 0 Å². The summed E-state index contributed by atoms with van der Waals surface area (Å²) in [5.74, 6) is 0.162. The van der Waals surface area contributed by atoms with Crippen molar-refractivity contribution in [1.82, 2.24) is 10.2 Å². The first kappa shape index (κ1) is 13.8. The smallest absolute Gasteiger partial charge is 0.236 e. The van der Waals surface area contributed by atoms with Gasteiger partial charge in [0.2, 0.25) is 5.91 Å². The number of nitrogens with one attached hydrogen (secondary N) is 1. The van der Waals surface area contributed by atoms with Crippen LogP contribution in [0.4, 0.5) is 0 Å². The molecule has 1 N–H and O–H groups in total. The molecule has 0 saturated carbocycles. The molecule has 0 aromatic rings. The summed E-state index contributed by atoms with van der Waals surface area (Å²) in [5, 5.41) is 3.20. The minimum absolute atomic E-state index is 0.135. The van der Waals surface area contributed by atoms with Gasteiger partial charge in [-0.25, -0.2) is 0 Å². The van der Waals surface area contributed by atoms with Crippen molar-refractivity contribution >= 4 is 5.91 Å². The Kier molecular flexibility index (Phi) is 4.97. The topological polar surface area (TPSA) is 50.8 Å². The van der Waals surface area contributed by atoms with E-state index in [0.717, 1.165) is 26.0 Å². The number of nitrogens with zero attached hydrogens (tertiary/aromatic N) is 1. The molecule has 2 heterocycles. The lowest BCUT2D eigenvalue weighted by Crippen LogP contribution is -2.50. The lowest BCUT2D eigenvalue weighted by atomic mass is 10.2. The zero-order valence-electron chi connectivity index (χ0n) is 11.4. The molecular formula is C13H24N2O3. The lowest BCUT2D eigenvalue weighted by molar-refractivity contribution is -0.142. The normalized spacial score (nSPS) is 32.8. The average Bonchev–Trinajstić information content (AvgIpc) is 2.80. The van der Waals surface area contributed by atoms with Crippen molar-refractivity contribution in [2.24, 2.45) is 0 Å². The molecule has 104 valence electrons. The third-order valence-electron chi connectivity index (χ3n) is 3.44. The summed E-state index contributed by atoms with van der Waals surface area (Å²) in [4.78, 5) is 13.9. The second kappa shape index (κ2) is 6.50. The molecule has 2 fully saturated rings. The Bertz CT molecular complexity index is 269. The molecule has 2 aliphatic rings. The van der Waals surface area contributed by atoms with Crippen molar-refractivity contribution in [1.29, 1.82) is 0 Å². The number of carbonyl (C=O) groups is 1. The van der Waals surface area contributed by atoms with Crippen LogP contribution < -0.4 is 5.32 Å². The maximum Gasteiger partial charge on any atom is 0.236 e. The predicted octanol–water partition coefficient (Wildman–Crippen LogP) is 0.391. The fraction of sp³-hybridized carbons (Fsp3) is 0.923. The van der Waals surface area contributed by atoms with E-state index >= 15 is 0 Å². The first-order valence-electron chi connectivity index (χ1n) is 6.90. The largest absolute Gasteiger partial charge is 0.377 e. The number of amides is 1. The molecular weight excluding hydrogens is 232 g/mol. The highest BCUT2D eigenvalue weighted by atomic mass is 16.5. The minimum atomic E-state index is 0.135. The molecule has 3 unspecified atom stereocenters. The monoisotopic (exact) mass is 256 g/mol. The van der Waals surface area contributed by atoms with E-state index in [4.69, 9.17) is 9.47 Å². The van der Waals surface area contributed by atoms with E-state index in [-0.39, 0.29) is 18.1 Å². The summed E-state index contributed by atoms with van der Waals surface area (Å²) in [6.07, 6.45) is 2.80. The number of hydrogen-bond acceptors (Lipinski definition) is 4. The molecule has 2 aliphatic heterocycles. The van der Waals surface area contributed by atoms with Crippen molar-refractivity contribution in [3.63, 3.8) is 0 Å². The van der Waals surface area contributed by atoms with Crippen LogP contribution in [0, 0.1) is 0 Å². The Morgan fingerprint density at radius 3 is 2.67 bits per heavy atom. The van der Waals surface area contributed by atoms with Crippen LogP contribution >= 0.6 is 0 Å². The fourth-order valence-electron chi connectivity index (χ4n) is 2.64. The molecule has 0 aromatic carbocycles. The summed E-state index contributed by atoms with van der Waals surface area (Å²) in [6, 6.07) is 0. The van der Waals surface area contributed by atoms with Gasteiger partial charge in [-0.2, -0.15) is 0 Å². The first-order chi connectivity index (χ1) is 8.65. The zero-order valence-corrected chi connectivity index (χ0v) is 11.4. The van der Waals surface area contributed by atoms with Gasteiger partial charge in [0.05, 0.1) is 24.9 Å². The van der Waals surface area contributed by atoms with Gasteiger partial charge in [-0.3, -0.25) is 4.79 Å². The Hall–Kier alpha value is -0.650. The van der Waals surface area contributed by atoms with Crippen LogP contribution in [0.15, 0.2) is 0 Å². The minimum Gasteiger partial charge on any atom is -0.377 e. The summed E-state index contributed by atoms with van der Waals surface area (Å²) < 4.78 is 11.1. The number of ether oxygens (including phenoxy) is 2. The van der Waals surface area contributed by atoms with Gasteiger partial charge < -0.3 is 19.7 Å². The van der Waals surface area contributed by atoms with E-state index in [1.807, 2.05) is 18.7 Å². The number of morpholine rings is 1. The van der Waals surface area contributed by atoms with Crippen molar-refractivity contribution in [2.75, 3.05) is 32.8 Å². The van der Waals surface area contributed by atoms with Crippen molar-refractivity contribution in [3.8, 4) is 0 Å². The van der Waals surface area contributed by atoms with Gasteiger partial charge in [0.25, 0.3) is 0 Å². The molecule has 1 amide bonds. The van der Waals surface area contributed by atoms with Crippen LogP contribution in [0.1, 0.15) is 26.7 Å². The molecule has 0 radical (unpaired) electrons. The second-order valence-electron chi connectivity index (χ2n) is 5.32. The fourth-order valence-corrected chi connectivity index (χ4v) is 2.64. The van der Waals surface area contributed by atoms with Gasteiger partial charge in [0.1, 0.15) is 0 Å². The Labute approximate surface area is 109 Å². The molecule has 5 heteroatoms. The standard InChI is InChI=1S/C13H24N2O3/c1-10-8-15(9-11(2)18-10)13(16)7-14-6-12-4-3-5-17-12/h10-12,14H,3-9H2,1-2H3.